The molecule has 0 bridgehead atoms. The lowest BCUT2D eigenvalue weighted by Gasteiger charge is -2.18. The summed E-state index contributed by atoms with van der Waals surface area (Å²) in [5.74, 6) is 1.04. The summed E-state index contributed by atoms with van der Waals surface area (Å²) >= 11 is 0. The van der Waals surface area contributed by atoms with Crippen LogP contribution in [-0.4, -0.2) is 39.5 Å². The summed E-state index contributed by atoms with van der Waals surface area (Å²) in [5.41, 5.74) is 1.49. The Labute approximate surface area is 174 Å². The van der Waals surface area contributed by atoms with Gasteiger partial charge in [-0.3, -0.25) is 9.59 Å². The van der Waals surface area contributed by atoms with Crippen LogP contribution in [0.4, 0.5) is 0 Å². The molecule has 154 valence electrons. The van der Waals surface area contributed by atoms with E-state index in [9.17, 15) is 14.7 Å². The van der Waals surface area contributed by atoms with Gasteiger partial charge < -0.3 is 19.7 Å². The molecular weight excluding hydrogens is 382 g/mol. The summed E-state index contributed by atoms with van der Waals surface area (Å²) in [6.45, 7) is 4.14. The lowest BCUT2D eigenvalue weighted by molar-refractivity contribution is -0.124. The van der Waals surface area contributed by atoms with E-state index in [1.54, 1.807) is 19.2 Å². The van der Waals surface area contributed by atoms with Crippen LogP contribution in [0.25, 0.3) is 17.1 Å². The molecule has 1 amide bonds. The highest BCUT2D eigenvalue weighted by atomic mass is 16.5. The molecular formula is C23H23N3O4. The average Bonchev–Trinajstić information content (AvgIpc) is 2.73. The fourth-order valence-electron chi connectivity index (χ4n) is 2.82. The third-order valence-corrected chi connectivity index (χ3v) is 4.54. The Bertz CT molecular complexity index is 1190. The lowest BCUT2D eigenvalue weighted by atomic mass is 10.2. The van der Waals surface area contributed by atoms with E-state index in [0.717, 1.165) is 17.4 Å². The molecule has 0 saturated carbocycles. The Morgan fingerprint density at radius 3 is 2.80 bits per heavy atom. The van der Waals surface area contributed by atoms with Crippen LogP contribution in [0.3, 0.4) is 0 Å². The first-order valence-electron chi connectivity index (χ1n) is 9.41. The zero-order valence-corrected chi connectivity index (χ0v) is 17.0. The first kappa shape index (κ1) is 20.9. The monoisotopic (exact) mass is 405 g/mol. The highest BCUT2D eigenvalue weighted by Gasteiger charge is 2.10. The van der Waals surface area contributed by atoms with E-state index in [0.29, 0.717) is 23.3 Å². The zero-order chi connectivity index (χ0) is 21.7. The van der Waals surface area contributed by atoms with E-state index in [2.05, 4.69) is 9.97 Å². The number of aryl methyl sites for hydroxylation is 1. The number of H-pyrrole nitrogens is 1. The number of para-hydroxylation sites is 1. The normalized spacial score (nSPS) is 11.8. The summed E-state index contributed by atoms with van der Waals surface area (Å²) in [5, 5.41) is 10.3. The Balaban J connectivity index is 1.69. The molecule has 0 aliphatic carbocycles. The molecule has 0 unspecified atom stereocenters. The molecule has 7 nitrogen and oxygen atoms in total. The van der Waals surface area contributed by atoms with Crippen LogP contribution in [0.15, 0.2) is 65.3 Å². The van der Waals surface area contributed by atoms with Crippen LogP contribution >= 0.6 is 0 Å². The predicted octanol–water partition coefficient (Wildman–Crippen LogP) is 3.39. The number of nitrogens with one attached hydrogen (secondary N) is 1. The van der Waals surface area contributed by atoms with Gasteiger partial charge in [-0.1, -0.05) is 18.2 Å². The summed E-state index contributed by atoms with van der Waals surface area (Å²) in [6, 6.07) is 10.4. The van der Waals surface area contributed by atoms with Gasteiger partial charge in [0.1, 0.15) is 22.9 Å². The van der Waals surface area contributed by atoms with Crippen molar-refractivity contribution in [2.75, 3.05) is 13.6 Å². The number of nitrogens with zero attached hydrogens (tertiary/aromatic N) is 2. The fourth-order valence-corrected chi connectivity index (χ4v) is 2.82. The van der Waals surface area contributed by atoms with Gasteiger partial charge in [0.25, 0.3) is 5.56 Å². The molecule has 2 N–H and O–H groups in total. The molecule has 0 fully saturated rings. The topological polar surface area (TPSA) is 95.5 Å². The SMILES string of the molecule is C/C=C(\CN(C)C(=O)/C=C/c1cnc2[nH]c(=O)cc(O)c2c1)Oc1ccccc1C. The number of likely N-dealkylation sites (N-methyl/N-ethyl adjacent to an activating group) is 1. The van der Waals surface area contributed by atoms with Crippen molar-refractivity contribution in [2.24, 2.45) is 0 Å². The number of rotatable bonds is 6. The maximum absolute atomic E-state index is 12.5. The quantitative estimate of drug-likeness (QED) is 0.484. The second-order valence-electron chi connectivity index (χ2n) is 6.83. The Morgan fingerprint density at radius 2 is 2.07 bits per heavy atom. The molecule has 0 radical (unpaired) electrons. The van der Waals surface area contributed by atoms with E-state index >= 15 is 0 Å². The second kappa shape index (κ2) is 9.09. The first-order chi connectivity index (χ1) is 14.4. The molecule has 3 rings (SSSR count). The number of ether oxygens (including phenoxy) is 1. The molecule has 0 spiro atoms. The molecule has 0 aliphatic heterocycles. The number of allylic oxidation sites excluding steroid dienone is 1. The van der Waals surface area contributed by atoms with Gasteiger partial charge in [-0.25, -0.2) is 4.98 Å². The third-order valence-electron chi connectivity index (χ3n) is 4.54. The van der Waals surface area contributed by atoms with Gasteiger partial charge in [0.05, 0.1) is 11.9 Å². The van der Waals surface area contributed by atoms with Gasteiger partial charge in [-0.05, 0) is 49.3 Å². The van der Waals surface area contributed by atoms with Crippen LogP contribution in [0.2, 0.25) is 0 Å². The minimum atomic E-state index is -0.430. The van der Waals surface area contributed by atoms with Crippen molar-refractivity contribution in [2.45, 2.75) is 13.8 Å². The highest BCUT2D eigenvalue weighted by Crippen LogP contribution is 2.21. The van der Waals surface area contributed by atoms with Crippen molar-refractivity contribution in [3.8, 4) is 11.5 Å². The van der Waals surface area contributed by atoms with Crippen LogP contribution in [0.5, 0.6) is 11.5 Å². The lowest BCUT2D eigenvalue weighted by Crippen LogP contribution is -2.28. The van der Waals surface area contributed by atoms with Crippen molar-refractivity contribution in [1.82, 2.24) is 14.9 Å². The summed E-state index contributed by atoms with van der Waals surface area (Å²) < 4.78 is 5.93. The standard InChI is InChI=1S/C23H23N3O4/c1-4-17(30-20-8-6-5-7-15(20)2)14-26(3)22(29)10-9-16-11-18-19(27)12-21(28)25-23(18)24-13-16/h4-13H,14H2,1-3H3,(H2,24,25,27,28)/b10-9+,17-4+. The van der Waals surface area contributed by atoms with Crippen LogP contribution < -0.4 is 10.3 Å². The molecule has 0 saturated heterocycles. The molecule has 2 aromatic heterocycles. The molecule has 0 aliphatic rings. The Morgan fingerprint density at radius 1 is 1.30 bits per heavy atom. The number of aromatic amines is 1. The smallest absolute Gasteiger partial charge is 0.253 e. The first-order valence-corrected chi connectivity index (χ1v) is 9.41. The van der Waals surface area contributed by atoms with Crippen LogP contribution in [0.1, 0.15) is 18.1 Å². The number of hydrogen-bond donors (Lipinski definition) is 2. The van der Waals surface area contributed by atoms with E-state index in [-0.39, 0.29) is 17.3 Å². The number of amides is 1. The molecule has 30 heavy (non-hydrogen) atoms. The van der Waals surface area contributed by atoms with Crippen molar-refractivity contribution < 1.29 is 14.6 Å². The maximum Gasteiger partial charge on any atom is 0.253 e. The molecule has 2 heterocycles. The largest absolute Gasteiger partial charge is 0.507 e. The Hall–Kier alpha value is -3.87. The van der Waals surface area contributed by atoms with Crippen molar-refractivity contribution >= 4 is 23.0 Å². The molecule has 1 aromatic carbocycles. The molecule has 3 aromatic rings. The van der Waals surface area contributed by atoms with Crippen molar-refractivity contribution in [1.29, 1.82) is 0 Å². The van der Waals surface area contributed by atoms with Gasteiger partial charge in [0.2, 0.25) is 5.91 Å². The van der Waals surface area contributed by atoms with E-state index in [4.69, 9.17) is 4.74 Å². The van der Waals surface area contributed by atoms with E-state index in [1.165, 1.54) is 17.2 Å². The number of aromatic nitrogens is 2. The minimum Gasteiger partial charge on any atom is -0.507 e. The number of carbonyl (C=O) groups excluding carboxylic acids is 1. The Kier molecular flexibility index (Phi) is 6.32. The van der Waals surface area contributed by atoms with Gasteiger partial charge in [-0.2, -0.15) is 0 Å². The van der Waals surface area contributed by atoms with Gasteiger partial charge in [0.15, 0.2) is 0 Å². The number of carbonyl (C=O) groups is 1. The maximum atomic E-state index is 12.5. The summed E-state index contributed by atoms with van der Waals surface area (Å²) in [4.78, 5) is 32.1. The van der Waals surface area contributed by atoms with Gasteiger partial charge in [0, 0.05) is 25.4 Å². The number of fused-ring (bicyclic) bond motifs is 1. The summed E-state index contributed by atoms with van der Waals surface area (Å²) in [7, 11) is 1.69. The van der Waals surface area contributed by atoms with Crippen molar-refractivity contribution in [3.63, 3.8) is 0 Å². The number of aromatic hydroxyl groups is 1. The minimum absolute atomic E-state index is 0.161. The zero-order valence-electron chi connectivity index (χ0n) is 17.0. The van der Waals surface area contributed by atoms with E-state index in [1.807, 2.05) is 44.2 Å². The van der Waals surface area contributed by atoms with Crippen LogP contribution in [-0.2, 0) is 4.79 Å². The predicted molar refractivity (Wildman–Crippen MR) is 116 cm³/mol. The number of pyridine rings is 2. The molecule has 0 atom stereocenters. The van der Waals surface area contributed by atoms with Gasteiger partial charge >= 0.3 is 0 Å². The fraction of sp³-hybridized carbons (Fsp3) is 0.174. The molecule has 7 heteroatoms. The van der Waals surface area contributed by atoms with Crippen molar-refractivity contribution in [3.05, 3.63) is 82.0 Å². The average molecular weight is 405 g/mol. The van der Waals surface area contributed by atoms with Crippen LogP contribution in [0, 0.1) is 6.92 Å². The summed E-state index contributed by atoms with van der Waals surface area (Å²) in [6.07, 6.45) is 6.37. The van der Waals surface area contributed by atoms with E-state index < -0.39 is 5.56 Å². The number of hydrogen-bond acceptors (Lipinski definition) is 5. The highest BCUT2D eigenvalue weighted by molar-refractivity contribution is 5.92. The third kappa shape index (κ3) is 4.94. The second-order valence-corrected chi connectivity index (χ2v) is 6.83. The van der Waals surface area contributed by atoms with Gasteiger partial charge in [-0.15, -0.1) is 0 Å². The number of benzene rings is 1.